The van der Waals surface area contributed by atoms with Crippen LogP contribution in [0.1, 0.15) is 35.7 Å². The number of aromatic nitrogens is 2. The van der Waals surface area contributed by atoms with Gasteiger partial charge in [0.05, 0.1) is 11.6 Å². The van der Waals surface area contributed by atoms with Crippen molar-refractivity contribution >= 4 is 22.8 Å². The molecule has 2 fully saturated rings. The van der Waals surface area contributed by atoms with Crippen LogP contribution in [0.2, 0.25) is 0 Å². The lowest BCUT2D eigenvalue weighted by Crippen LogP contribution is -2.33. The third-order valence-corrected chi connectivity index (χ3v) is 4.64. The van der Waals surface area contributed by atoms with E-state index in [1.807, 2.05) is 4.90 Å². The van der Waals surface area contributed by atoms with Crippen molar-refractivity contribution in [1.82, 2.24) is 9.55 Å². The van der Waals surface area contributed by atoms with Crippen LogP contribution in [0.3, 0.4) is 0 Å². The average Bonchev–Trinajstić information content (AvgIpc) is 3.28. The van der Waals surface area contributed by atoms with E-state index in [2.05, 4.69) is 4.98 Å². The largest absolute Gasteiger partial charge is 0.477 e. The van der Waals surface area contributed by atoms with E-state index in [1.54, 1.807) is 4.57 Å². The van der Waals surface area contributed by atoms with Crippen molar-refractivity contribution in [3.8, 4) is 0 Å². The first kappa shape index (κ1) is 15.1. The Hall–Kier alpha value is -2.48. The lowest BCUT2D eigenvalue weighted by atomic mass is 10.1. The van der Waals surface area contributed by atoms with Gasteiger partial charge in [0, 0.05) is 25.2 Å². The summed E-state index contributed by atoms with van der Waals surface area (Å²) in [6.45, 7) is 1.07. The molecule has 1 aliphatic carbocycles. The van der Waals surface area contributed by atoms with Crippen LogP contribution in [0.25, 0.3) is 11.0 Å². The summed E-state index contributed by atoms with van der Waals surface area (Å²) in [5.41, 5.74) is 5.28. The lowest BCUT2D eigenvalue weighted by molar-refractivity contribution is 0.0695. The molecule has 0 bridgehead atoms. The number of aromatic carboxylic acids is 1. The summed E-state index contributed by atoms with van der Waals surface area (Å²) >= 11 is 0. The standard InChI is InChI=1S/C16H17FN4O3/c17-8-5-11-13(22)12(16(23)24)15(20-4-3-9(18)7-20)21(10-1-2-10)14(11)19-6-8/h5-6,9-10H,1-4,7,18H2,(H,23,24). The molecule has 3 heterocycles. The first-order valence-corrected chi connectivity index (χ1v) is 7.95. The molecule has 2 aromatic heterocycles. The number of rotatable bonds is 3. The average molecular weight is 332 g/mol. The van der Waals surface area contributed by atoms with Crippen LogP contribution in [0.5, 0.6) is 0 Å². The van der Waals surface area contributed by atoms with E-state index in [9.17, 15) is 19.1 Å². The number of pyridine rings is 2. The van der Waals surface area contributed by atoms with Gasteiger partial charge in [-0.15, -0.1) is 0 Å². The molecule has 0 amide bonds. The number of anilines is 1. The molecule has 0 spiro atoms. The first-order valence-electron chi connectivity index (χ1n) is 7.95. The zero-order valence-corrected chi connectivity index (χ0v) is 12.9. The summed E-state index contributed by atoms with van der Waals surface area (Å²) in [4.78, 5) is 30.5. The van der Waals surface area contributed by atoms with E-state index < -0.39 is 17.2 Å². The van der Waals surface area contributed by atoms with E-state index >= 15 is 0 Å². The molecule has 7 nitrogen and oxygen atoms in total. The van der Waals surface area contributed by atoms with Crippen LogP contribution in [0, 0.1) is 5.82 Å². The summed E-state index contributed by atoms with van der Waals surface area (Å²) in [6, 6.07) is 1.08. The maximum Gasteiger partial charge on any atom is 0.343 e. The van der Waals surface area contributed by atoms with Crippen LogP contribution in [0.15, 0.2) is 17.1 Å². The molecule has 24 heavy (non-hydrogen) atoms. The molecule has 2 aromatic rings. The van der Waals surface area contributed by atoms with Crippen LogP contribution >= 0.6 is 0 Å². The number of carboxylic acids is 1. The highest BCUT2D eigenvalue weighted by Crippen LogP contribution is 2.41. The molecule has 8 heteroatoms. The van der Waals surface area contributed by atoms with Crippen molar-refractivity contribution in [2.24, 2.45) is 5.73 Å². The highest BCUT2D eigenvalue weighted by atomic mass is 19.1. The molecule has 1 saturated carbocycles. The van der Waals surface area contributed by atoms with Gasteiger partial charge < -0.3 is 20.3 Å². The molecule has 0 aromatic carbocycles. The quantitative estimate of drug-likeness (QED) is 0.873. The van der Waals surface area contributed by atoms with Crippen LogP contribution in [-0.4, -0.2) is 39.8 Å². The molecular formula is C16H17FN4O3. The zero-order chi connectivity index (χ0) is 17.0. The zero-order valence-electron chi connectivity index (χ0n) is 12.9. The molecule has 3 N–H and O–H groups in total. The number of hydrogen-bond acceptors (Lipinski definition) is 5. The van der Waals surface area contributed by atoms with Gasteiger partial charge in [0.1, 0.15) is 22.8 Å². The van der Waals surface area contributed by atoms with Crippen molar-refractivity contribution < 1.29 is 14.3 Å². The van der Waals surface area contributed by atoms with Gasteiger partial charge >= 0.3 is 5.97 Å². The Balaban J connectivity index is 2.09. The van der Waals surface area contributed by atoms with Gasteiger partial charge in [-0.2, -0.15) is 0 Å². The highest BCUT2D eigenvalue weighted by Gasteiger charge is 2.35. The van der Waals surface area contributed by atoms with E-state index in [0.29, 0.717) is 24.6 Å². The fourth-order valence-corrected chi connectivity index (χ4v) is 3.41. The van der Waals surface area contributed by atoms with Gasteiger partial charge in [-0.05, 0) is 25.3 Å². The second-order valence-electron chi connectivity index (χ2n) is 6.45. The monoisotopic (exact) mass is 332 g/mol. The minimum atomic E-state index is -1.31. The third-order valence-electron chi connectivity index (χ3n) is 4.64. The van der Waals surface area contributed by atoms with Gasteiger partial charge in [0.2, 0.25) is 5.43 Å². The van der Waals surface area contributed by atoms with Gasteiger partial charge in [0.15, 0.2) is 0 Å². The molecular weight excluding hydrogens is 315 g/mol. The molecule has 1 unspecified atom stereocenters. The van der Waals surface area contributed by atoms with Crippen LogP contribution in [0.4, 0.5) is 10.2 Å². The summed E-state index contributed by atoms with van der Waals surface area (Å²) in [6.07, 6.45) is 3.54. The molecule has 1 atom stereocenters. The Kier molecular flexibility index (Phi) is 3.31. The van der Waals surface area contributed by atoms with Gasteiger partial charge in [0.25, 0.3) is 0 Å². The number of halogens is 1. The molecule has 1 aliphatic heterocycles. The van der Waals surface area contributed by atoms with Crippen molar-refractivity contribution in [2.75, 3.05) is 18.0 Å². The Morgan fingerprint density at radius 1 is 1.38 bits per heavy atom. The minimum absolute atomic E-state index is 0.00606. The smallest absolute Gasteiger partial charge is 0.343 e. The second kappa shape index (κ2) is 5.27. The Morgan fingerprint density at radius 2 is 2.12 bits per heavy atom. The van der Waals surface area contributed by atoms with Gasteiger partial charge in [-0.1, -0.05) is 0 Å². The van der Waals surface area contributed by atoms with Crippen LogP contribution < -0.4 is 16.1 Å². The molecule has 2 aliphatic rings. The van der Waals surface area contributed by atoms with Crippen molar-refractivity contribution in [1.29, 1.82) is 0 Å². The van der Waals surface area contributed by atoms with E-state index in [1.165, 1.54) is 0 Å². The maximum atomic E-state index is 13.6. The van der Waals surface area contributed by atoms with E-state index in [-0.39, 0.29) is 23.0 Å². The normalized spacial score (nSPS) is 20.8. The Bertz CT molecular complexity index is 906. The molecule has 126 valence electrons. The number of hydrogen-bond donors (Lipinski definition) is 2. The molecule has 0 radical (unpaired) electrons. The number of nitrogens with two attached hydrogens (primary N) is 1. The van der Waals surface area contributed by atoms with Crippen molar-refractivity contribution in [2.45, 2.75) is 31.3 Å². The lowest BCUT2D eigenvalue weighted by Gasteiger charge is -2.26. The molecule has 1 saturated heterocycles. The van der Waals surface area contributed by atoms with Gasteiger partial charge in [-0.3, -0.25) is 4.79 Å². The van der Waals surface area contributed by atoms with Crippen molar-refractivity contribution in [3.63, 3.8) is 0 Å². The topological polar surface area (TPSA) is 101 Å². The SMILES string of the molecule is NC1CCN(c2c(C(=O)O)c(=O)c3cc(F)cnc3n2C2CC2)C1. The van der Waals surface area contributed by atoms with Gasteiger partial charge in [-0.25, -0.2) is 14.2 Å². The summed E-state index contributed by atoms with van der Waals surface area (Å²) < 4.78 is 15.4. The third kappa shape index (κ3) is 2.25. The fraction of sp³-hybridized carbons (Fsp3) is 0.438. The number of carbonyl (C=O) groups is 1. The Labute approximate surface area is 136 Å². The Morgan fingerprint density at radius 3 is 2.71 bits per heavy atom. The summed E-state index contributed by atoms with van der Waals surface area (Å²) in [5, 5.41) is 9.65. The van der Waals surface area contributed by atoms with Crippen molar-refractivity contribution in [3.05, 3.63) is 33.9 Å². The van der Waals surface area contributed by atoms with E-state index in [0.717, 1.165) is 31.5 Å². The number of nitrogens with zero attached hydrogens (tertiary/aromatic N) is 3. The predicted molar refractivity (Wildman–Crippen MR) is 86.0 cm³/mol. The maximum absolute atomic E-state index is 13.6. The summed E-state index contributed by atoms with van der Waals surface area (Å²) in [7, 11) is 0. The number of carboxylic acid groups (broad SMARTS) is 1. The summed E-state index contributed by atoms with van der Waals surface area (Å²) in [5.74, 6) is -1.61. The predicted octanol–water partition coefficient (Wildman–Crippen LogP) is 1.11. The second-order valence-corrected chi connectivity index (χ2v) is 6.45. The first-order chi connectivity index (χ1) is 11.5. The van der Waals surface area contributed by atoms with E-state index in [4.69, 9.17) is 5.73 Å². The minimum Gasteiger partial charge on any atom is -0.477 e. The highest BCUT2D eigenvalue weighted by molar-refractivity contribution is 5.98. The molecule has 4 rings (SSSR count). The van der Waals surface area contributed by atoms with Crippen LogP contribution in [-0.2, 0) is 0 Å². The number of fused-ring (bicyclic) bond motifs is 1. The fourth-order valence-electron chi connectivity index (χ4n) is 3.41.